The Labute approximate surface area is 107 Å². The van der Waals surface area contributed by atoms with Gasteiger partial charge in [-0.1, -0.05) is 6.92 Å². The van der Waals surface area contributed by atoms with Crippen molar-refractivity contribution in [3.8, 4) is 0 Å². The molecule has 1 N–H and O–H groups in total. The van der Waals surface area contributed by atoms with Crippen molar-refractivity contribution in [2.24, 2.45) is 0 Å². The molecule has 0 spiro atoms. The summed E-state index contributed by atoms with van der Waals surface area (Å²) in [6.07, 6.45) is 1.30. The number of likely N-dealkylation sites (tertiary alicyclic amines) is 1. The smallest absolute Gasteiger partial charge is 0.305 e. The zero-order chi connectivity index (χ0) is 13.5. The summed E-state index contributed by atoms with van der Waals surface area (Å²) in [4.78, 5) is 24.3. The molecule has 0 aliphatic carbocycles. The van der Waals surface area contributed by atoms with E-state index < -0.39 is 5.97 Å². The first-order chi connectivity index (χ1) is 8.58. The third-order valence-electron chi connectivity index (χ3n) is 3.01. The Hall–Kier alpha value is -1.14. The Balaban J connectivity index is 2.53. The number of nitrogens with zero attached hydrogens (tertiary/aromatic N) is 1. The Morgan fingerprint density at radius 1 is 1.44 bits per heavy atom. The van der Waals surface area contributed by atoms with Gasteiger partial charge in [0.25, 0.3) is 0 Å². The number of rotatable bonds is 7. The number of hydrogen-bond donors (Lipinski definition) is 1. The maximum Gasteiger partial charge on any atom is 0.305 e. The lowest BCUT2D eigenvalue weighted by Crippen LogP contribution is -2.39. The highest BCUT2D eigenvalue weighted by Crippen LogP contribution is 2.22. The second kappa shape index (κ2) is 7.33. The first-order valence-electron chi connectivity index (χ1n) is 6.20. The number of aliphatic carboxylic acids is 1. The van der Waals surface area contributed by atoms with E-state index in [-0.39, 0.29) is 31.1 Å². The van der Waals surface area contributed by atoms with Crippen LogP contribution < -0.4 is 0 Å². The molecule has 1 aliphatic rings. The van der Waals surface area contributed by atoms with Crippen molar-refractivity contribution in [3.05, 3.63) is 0 Å². The number of methoxy groups -OCH3 is 1. The van der Waals surface area contributed by atoms with Crippen molar-refractivity contribution in [2.45, 2.75) is 38.3 Å². The molecule has 18 heavy (non-hydrogen) atoms. The molecule has 0 aromatic rings. The molecule has 1 fully saturated rings. The van der Waals surface area contributed by atoms with Gasteiger partial charge in [0.1, 0.15) is 6.61 Å². The molecular formula is C12H21NO5. The fourth-order valence-electron chi connectivity index (χ4n) is 2.13. The minimum atomic E-state index is -0.899. The number of carbonyl (C=O) groups excluding carboxylic acids is 1. The predicted octanol–water partition coefficient (Wildman–Crippen LogP) is 0.504. The minimum absolute atomic E-state index is 0.0143. The number of carboxylic acid groups (broad SMARTS) is 1. The molecule has 1 amide bonds. The highest BCUT2D eigenvalue weighted by Gasteiger charge is 2.36. The van der Waals surface area contributed by atoms with E-state index >= 15 is 0 Å². The number of carbonyl (C=O) groups is 2. The molecule has 0 aromatic heterocycles. The van der Waals surface area contributed by atoms with Crippen molar-refractivity contribution < 1.29 is 24.2 Å². The summed E-state index contributed by atoms with van der Waals surface area (Å²) in [5.74, 6) is -1.06. The van der Waals surface area contributed by atoms with Crippen molar-refractivity contribution >= 4 is 11.9 Å². The molecule has 6 nitrogen and oxygen atoms in total. The lowest BCUT2D eigenvalue weighted by molar-refractivity contribution is -0.141. The summed E-state index contributed by atoms with van der Waals surface area (Å²) >= 11 is 0. The molecule has 1 aliphatic heterocycles. The van der Waals surface area contributed by atoms with Crippen LogP contribution in [0.3, 0.4) is 0 Å². The van der Waals surface area contributed by atoms with Gasteiger partial charge in [0.15, 0.2) is 0 Å². The van der Waals surface area contributed by atoms with Gasteiger partial charge >= 0.3 is 5.97 Å². The summed E-state index contributed by atoms with van der Waals surface area (Å²) in [6.45, 7) is 2.97. The molecule has 0 bridgehead atoms. The quantitative estimate of drug-likeness (QED) is 0.674. The summed E-state index contributed by atoms with van der Waals surface area (Å²) in [5.41, 5.74) is 0. The molecule has 6 heteroatoms. The van der Waals surface area contributed by atoms with Crippen LogP contribution in [0.15, 0.2) is 0 Å². The van der Waals surface area contributed by atoms with E-state index in [2.05, 4.69) is 0 Å². The van der Waals surface area contributed by atoms with Crippen molar-refractivity contribution in [2.75, 3.05) is 26.9 Å². The third kappa shape index (κ3) is 4.27. The Bertz CT molecular complexity index is 294. The SMILES string of the molecule is CCCOCC(=O)N1CC(OC)CC1CC(=O)O. The van der Waals surface area contributed by atoms with Gasteiger partial charge in [0.05, 0.1) is 12.5 Å². The van der Waals surface area contributed by atoms with Gasteiger partial charge in [-0.15, -0.1) is 0 Å². The van der Waals surface area contributed by atoms with Crippen LogP contribution in [0, 0.1) is 0 Å². The van der Waals surface area contributed by atoms with E-state index in [9.17, 15) is 9.59 Å². The van der Waals surface area contributed by atoms with Crippen LogP contribution in [0.25, 0.3) is 0 Å². The average Bonchev–Trinajstić information content (AvgIpc) is 2.71. The van der Waals surface area contributed by atoms with Crippen LogP contribution >= 0.6 is 0 Å². The Morgan fingerprint density at radius 2 is 2.17 bits per heavy atom. The zero-order valence-corrected chi connectivity index (χ0v) is 10.9. The Morgan fingerprint density at radius 3 is 2.72 bits per heavy atom. The summed E-state index contributed by atoms with van der Waals surface area (Å²) in [6, 6.07) is -0.287. The van der Waals surface area contributed by atoms with E-state index in [1.807, 2.05) is 6.92 Å². The van der Waals surface area contributed by atoms with Crippen LogP contribution in [0.2, 0.25) is 0 Å². The number of carboxylic acids is 1. The fraction of sp³-hybridized carbons (Fsp3) is 0.833. The lowest BCUT2D eigenvalue weighted by Gasteiger charge is -2.23. The molecule has 2 atom stereocenters. The topological polar surface area (TPSA) is 76.1 Å². The van der Waals surface area contributed by atoms with E-state index in [1.54, 1.807) is 12.0 Å². The molecule has 0 saturated carbocycles. The highest BCUT2D eigenvalue weighted by molar-refractivity contribution is 5.79. The summed E-state index contributed by atoms with van der Waals surface area (Å²) in [5, 5.41) is 8.84. The summed E-state index contributed by atoms with van der Waals surface area (Å²) in [7, 11) is 1.57. The van der Waals surface area contributed by atoms with Gasteiger partial charge in [0, 0.05) is 26.3 Å². The lowest BCUT2D eigenvalue weighted by atomic mass is 10.1. The van der Waals surface area contributed by atoms with E-state index in [4.69, 9.17) is 14.6 Å². The molecule has 1 heterocycles. The molecule has 2 unspecified atom stereocenters. The first-order valence-corrected chi connectivity index (χ1v) is 6.20. The maximum absolute atomic E-state index is 11.9. The molecule has 0 radical (unpaired) electrons. The second-order valence-corrected chi connectivity index (χ2v) is 4.44. The van der Waals surface area contributed by atoms with Gasteiger partial charge < -0.3 is 19.5 Å². The number of amides is 1. The van der Waals surface area contributed by atoms with Crippen LogP contribution in [0.4, 0.5) is 0 Å². The van der Waals surface area contributed by atoms with Crippen molar-refractivity contribution in [1.82, 2.24) is 4.90 Å². The monoisotopic (exact) mass is 259 g/mol. The predicted molar refractivity (Wildman–Crippen MR) is 64.3 cm³/mol. The van der Waals surface area contributed by atoms with Gasteiger partial charge in [-0.05, 0) is 12.8 Å². The van der Waals surface area contributed by atoms with E-state index in [0.29, 0.717) is 19.6 Å². The molecular weight excluding hydrogens is 238 g/mol. The van der Waals surface area contributed by atoms with Gasteiger partial charge in [-0.25, -0.2) is 0 Å². The fourth-order valence-corrected chi connectivity index (χ4v) is 2.13. The number of hydrogen-bond acceptors (Lipinski definition) is 4. The van der Waals surface area contributed by atoms with Gasteiger partial charge in [-0.2, -0.15) is 0 Å². The average molecular weight is 259 g/mol. The highest BCUT2D eigenvalue weighted by atomic mass is 16.5. The molecule has 1 rings (SSSR count). The van der Waals surface area contributed by atoms with Crippen LogP contribution in [0.5, 0.6) is 0 Å². The van der Waals surface area contributed by atoms with Crippen LogP contribution in [0.1, 0.15) is 26.2 Å². The van der Waals surface area contributed by atoms with Gasteiger partial charge in [-0.3, -0.25) is 9.59 Å². The standard InChI is InChI=1S/C12H21NO5/c1-3-4-18-8-11(14)13-7-10(17-2)5-9(13)6-12(15)16/h9-10H,3-8H2,1-2H3,(H,15,16). The normalized spacial score (nSPS) is 23.3. The van der Waals surface area contributed by atoms with Gasteiger partial charge in [0.2, 0.25) is 5.91 Å². The van der Waals surface area contributed by atoms with E-state index in [1.165, 1.54) is 0 Å². The first kappa shape index (κ1) is 14.9. The van der Waals surface area contributed by atoms with Crippen molar-refractivity contribution in [1.29, 1.82) is 0 Å². The molecule has 1 saturated heterocycles. The van der Waals surface area contributed by atoms with E-state index in [0.717, 1.165) is 6.42 Å². The van der Waals surface area contributed by atoms with Crippen LogP contribution in [-0.2, 0) is 19.1 Å². The summed E-state index contributed by atoms with van der Waals surface area (Å²) < 4.78 is 10.4. The number of ether oxygens (including phenoxy) is 2. The molecule has 0 aromatic carbocycles. The third-order valence-corrected chi connectivity index (χ3v) is 3.01. The van der Waals surface area contributed by atoms with Crippen molar-refractivity contribution in [3.63, 3.8) is 0 Å². The molecule has 104 valence electrons. The maximum atomic E-state index is 11.9. The van der Waals surface area contributed by atoms with Crippen LogP contribution in [-0.4, -0.2) is 60.9 Å². The minimum Gasteiger partial charge on any atom is -0.481 e. The zero-order valence-electron chi connectivity index (χ0n) is 10.9. The largest absolute Gasteiger partial charge is 0.481 e. The second-order valence-electron chi connectivity index (χ2n) is 4.44. The Kier molecular flexibility index (Phi) is 6.07.